The van der Waals surface area contributed by atoms with Gasteiger partial charge in [0.25, 0.3) is 0 Å². The molecule has 1 aliphatic rings. The molecule has 0 amide bonds. The number of benzene rings is 1. The van der Waals surface area contributed by atoms with Crippen LogP contribution in [0.1, 0.15) is 35.2 Å². The summed E-state index contributed by atoms with van der Waals surface area (Å²) in [7, 11) is 0. The maximum atomic E-state index is 11.9. The van der Waals surface area contributed by atoms with Crippen molar-refractivity contribution in [3.05, 3.63) is 28.3 Å². The van der Waals surface area contributed by atoms with E-state index in [1.165, 1.54) is 18.6 Å². The van der Waals surface area contributed by atoms with E-state index in [0.717, 1.165) is 12.8 Å². The van der Waals surface area contributed by atoms with Crippen molar-refractivity contribution in [2.45, 2.75) is 25.3 Å². The van der Waals surface area contributed by atoms with E-state index < -0.39 is 0 Å². The van der Waals surface area contributed by atoms with Gasteiger partial charge >= 0.3 is 0 Å². The average Bonchev–Trinajstić information content (AvgIpc) is 2.30. The molecule has 5 heteroatoms. The van der Waals surface area contributed by atoms with E-state index in [0.29, 0.717) is 11.6 Å². The molecule has 1 saturated carbocycles. The van der Waals surface area contributed by atoms with Crippen LogP contribution in [0.2, 0.25) is 5.02 Å². The van der Waals surface area contributed by atoms with Crippen LogP contribution in [0.15, 0.2) is 12.1 Å². The molecule has 0 spiro atoms. The Balaban J connectivity index is 2.09. The third-order valence-corrected chi connectivity index (χ3v) is 3.54. The molecule has 1 fully saturated rings. The number of nitrogens with zero attached hydrogens (tertiary/aromatic N) is 1. The molecule has 4 nitrogen and oxygen atoms in total. The standard InChI is InChI=1S/C13H14ClN3O/c14-11-5-8(4-9(6-15)13(11)16)12(18)7-17-10-2-1-3-10/h4-5,10,17H,1-3,7,16H2. The summed E-state index contributed by atoms with van der Waals surface area (Å²) >= 11 is 5.89. The summed E-state index contributed by atoms with van der Waals surface area (Å²) in [6.45, 7) is 0.274. The second-order valence-electron chi connectivity index (χ2n) is 4.46. The second kappa shape index (κ2) is 5.38. The Kier molecular flexibility index (Phi) is 3.85. The molecule has 0 aliphatic heterocycles. The summed E-state index contributed by atoms with van der Waals surface area (Å²) < 4.78 is 0. The summed E-state index contributed by atoms with van der Waals surface area (Å²) in [6, 6.07) is 5.40. The van der Waals surface area contributed by atoms with Crippen molar-refractivity contribution in [2.24, 2.45) is 0 Å². The lowest BCUT2D eigenvalue weighted by Crippen LogP contribution is -2.38. The lowest BCUT2D eigenvalue weighted by molar-refractivity contribution is 0.0982. The van der Waals surface area contributed by atoms with Crippen LogP contribution in [-0.2, 0) is 0 Å². The van der Waals surface area contributed by atoms with Crippen molar-refractivity contribution in [3.63, 3.8) is 0 Å². The number of carbonyl (C=O) groups is 1. The molecular formula is C13H14ClN3O. The van der Waals surface area contributed by atoms with Gasteiger partial charge in [-0.3, -0.25) is 4.79 Å². The van der Waals surface area contributed by atoms with Gasteiger partial charge < -0.3 is 11.1 Å². The Hall–Kier alpha value is -1.57. The summed E-state index contributed by atoms with van der Waals surface area (Å²) in [5, 5.41) is 12.3. The molecule has 1 aromatic rings. The zero-order chi connectivity index (χ0) is 13.1. The Bertz CT molecular complexity index is 518. The molecule has 1 aliphatic carbocycles. The van der Waals surface area contributed by atoms with Crippen LogP contribution < -0.4 is 11.1 Å². The van der Waals surface area contributed by atoms with E-state index in [4.69, 9.17) is 22.6 Å². The molecule has 0 atom stereocenters. The van der Waals surface area contributed by atoms with E-state index in [9.17, 15) is 4.79 Å². The molecule has 2 rings (SSSR count). The van der Waals surface area contributed by atoms with E-state index >= 15 is 0 Å². The van der Waals surface area contributed by atoms with Crippen molar-refractivity contribution in [1.82, 2.24) is 5.32 Å². The number of hydrogen-bond donors (Lipinski definition) is 2. The normalized spacial score (nSPS) is 14.9. The van der Waals surface area contributed by atoms with Gasteiger partial charge in [0.1, 0.15) is 6.07 Å². The fraction of sp³-hybridized carbons (Fsp3) is 0.385. The molecule has 3 N–H and O–H groups in total. The second-order valence-corrected chi connectivity index (χ2v) is 4.87. The van der Waals surface area contributed by atoms with Gasteiger partial charge in [0, 0.05) is 11.6 Å². The van der Waals surface area contributed by atoms with Gasteiger partial charge in [0.15, 0.2) is 5.78 Å². The molecule has 0 bridgehead atoms. The lowest BCUT2D eigenvalue weighted by Gasteiger charge is -2.26. The third kappa shape index (κ3) is 2.63. The number of hydrogen-bond acceptors (Lipinski definition) is 4. The summed E-state index contributed by atoms with van der Waals surface area (Å²) in [6.07, 6.45) is 3.47. The molecule has 18 heavy (non-hydrogen) atoms. The molecule has 0 saturated heterocycles. The first-order chi connectivity index (χ1) is 8.61. The van der Waals surface area contributed by atoms with E-state index in [1.54, 1.807) is 0 Å². The van der Waals surface area contributed by atoms with E-state index in [1.807, 2.05) is 6.07 Å². The number of Topliss-reactive ketones (excluding diaryl/α,β-unsaturated/α-hetero) is 1. The molecule has 0 unspecified atom stereocenters. The minimum atomic E-state index is -0.0692. The Morgan fingerprint density at radius 2 is 2.28 bits per heavy atom. The van der Waals surface area contributed by atoms with Crippen LogP contribution >= 0.6 is 11.6 Å². The SMILES string of the molecule is N#Cc1cc(C(=O)CNC2CCC2)cc(Cl)c1N. The fourth-order valence-corrected chi connectivity index (χ4v) is 2.04. The number of nitriles is 1. The smallest absolute Gasteiger partial charge is 0.176 e. The predicted molar refractivity (Wildman–Crippen MR) is 70.6 cm³/mol. The number of anilines is 1. The highest BCUT2D eigenvalue weighted by molar-refractivity contribution is 6.33. The quantitative estimate of drug-likeness (QED) is 0.644. The van der Waals surface area contributed by atoms with Crippen LogP contribution in [0.4, 0.5) is 5.69 Å². The zero-order valence-electron chi connectivity index (χ0n) is 9.87. The van der Waals surface area contributed by atoms with Crippen LogP contribution in [0.5, 0.6) is 0 Å². The number of carbonyl (C=O) groups excluding carboxylic acids is 1. The summed E-state index contributed by atoms with van der Waals surface area (Å²) in [4.78, 5) is 11.9. The number of halogens is 1. The Labute approximate surface area is 111 Å². The van der Waals surface area contributed by atoms with Crippen molar-refractivity contribution >= 4 is 23.1 Å². The number of rotatable bonds is 4. The monoisotopic (exact) mass is 263 g/mol. The van der Waals surface area contributed by atoms with Gasteiger partial charge in [-0.15, -0.1) is 0 Å². The first kappa shape index (κ1) is 12.9. The van der Waals surface area contributed by atoms with Gasteiger partial charge in [0.05, 0.1) is 22.8 Å². The van der Waals surface area contributed by atoms with E-state index in [2.05, 4.69) is 5.32 Å². The van der Waals surface area contributed by atoms with E-state index in [-0.39, 0.29) is 28.6 Å². The summed E-state index contributed by atoms with van der Waals surface area (Å²) in [5.74, 6) is -0.0692. The summed E-state index contributed by atoms with van der Waals surface area (Å²) in [5.41, 5.74) is 6.53. The van der Waals surface area contributed by atoms with Gasteiger partial charge in [0.2, 0.25) is 0 Å². The Morgan fingerprint density at radius 3 is 2.83 bits per heavy atom. The van der Waals surface area contributed by atoms with Gasteiger partial charge in [-0.2, -0.15) is 5.26 Å². The maximum Gasteiger partial charge on any atom is 0.176 e. The van der Waals surface area contributed by atoms with Crippen molar-refractivity contribution in [1.29, 1.82) is 5.26 Å². The van der Waals surface area contributed by atoms with Gasteiger partial charge in [-0.05, 0) is 25.0 Å². The number of ketones is 1. The predicted octanol–water partition coefficient (Wildman–Crippen LogP) is 2.12. The topological polar surface area (TPSA) is 78.9 Å². The largest absolute Gasteiger partial charge is 0.396 e. The molecule has 0 radical (unpaired) electrons. The lowest BCUT2D eigenvalue weighted by atomic mass is 9.93. The molecule has 0 aromatic heterocycles. The maximum absolute atomic E-state index is 11.9. The van der Waals surface area contributed by atoms with Crippen molar-refractivity contribution in [2.75, 3.05) is 12.3 Å². The highest BCUT2D eigenvalue weighted by Gasteiger charge is 2.18. The molecule has 0 heterocycles. The number of nitrogens with one attached hydrogen (secondary N) is 1. The average molecular weight is 264 g/mol. The molecule has 94 valence electrons. The fourth-order valence-electron chi connectivity index (χ4n) is 1.82. The first-order valence-corrected chi connectivity index (χ1v) is 6.25. The number of nitrogen functional groups attached to an aromatic ring is 1. The Morgan fingerprint density at radius 1 is 1.56 bits per heavy atom. The number of nitrogens with two attached hydrogens (primary N) is 1. The highest BCUT2D eigenvalue weighted by atomic mass is 35.5. The minimum absolute atomic E-state index is 0.0692. The highest BCUT2D eigenvalue weighted by Crippen LogP contribution is 2.25. The molecule has 1 aromatic carbocycles. The van der Waals surface area contributed by atoms with Gasteiger partial charge in [-0.1, -0.05) is 18.0 Å². The zero-order valence-corrected chi connectivity index (χ0v) is 10.6. The van der Waals surface area contributed by atoms with Crippen molar-refractivity contribution in [3.8, 4) is 6.07 Å². The van der Waals surface area contributed by atoms with Gasteiger partial charge in [-0.25, -0.2) is 0 Å². The molecular weight excluding hydrogens is 250 g/mol. The van der Waals surface area contributed by atoms with Crippen LogP contribution in [0.25, 0.3) is 0 Å². The first-order valence-electron chi connectivity index (χ1n) is 5.87. The van der Waals surface area contributed by atoms with Crippen LogP contribution in [-0.4, -0.2) is 18.4 Å². The third-order valence-electron chi connectivity index (χ3n) is 3.23. The minimum Gasteiger partial charge on any atom is -0.396 e. The van der Waals surface area contributed by atoms with Crippen LogP contribution in [0.3, 0.4) is 0 Å². The van der Waals surface area contributed by atoms with Crippen molar-refractivity contribution < 1.29 is 4.79 Å². The van der Waals surface area contributed by atoms with Crippen LogP contribution in [0, 0.1) is 11.3 Å².